The monoisotopic (exact) mass is 317 g/mol. The lowest BCUT2D eigenvalue weighted by molar-refractivity contribution is -0.120. The number of hydrogen-bond acceptors (Lipinski definition) is 4. The van der Waals surface area contributed by atoms with Gasteiger partial charge in [0.1, 0.15) is 11.1 Å². The molecular formula is C17H23N3OS. The molecule has 2 heterocycles. The van der Waals surface area contributed by atoms with Crippen LogP contribution >= 0.6 is 11.3 Å². The van der Waals surface area contributed by atoms with Crippen LogP contribution in [0.1, 0.15) is 55.0 Å². The molecule has 4 nitrogen and oxygen atoms in total. The molecular weight excluding hydrogens is 294 g/mol. The van der Waals surface area contributed by atoms with Crippen LogP contribution in [-0.4, -0.2) is 29.9 Å². The summed E-state index contributed by atoms with van der Waals surface area (Å²) in [6, 6.07) is 2.21. The van der Waals surface area contributed by atoms with Crippen molar-refractivity contribution in [3.8, 4) is 6.07 Å². The number of hydrogen-bond donors (Lipinski definition) is 1. The highest BCUT2D eigenvalue weighted by Crippen LogP contribution is 2.37. The number of likely N-dealkylation sites (tertiary alicyclic amines) is 1. The van der Waals surface area contributed by atoms with Crippen LogP contribution in [0.15, 0.2) is 0 Å². The van der Waals surface area contributed by atoms with E-state index in [-0.39, 0.29) is 11.9 Å². The van der Waals surface area contributed by atoms with Crippen molar-refractivity contribution in [1.29, 1.82) is 5.26 Å². The molecule has 0 spiro atoms. The van der Waals surface area contributed by atoms with Crippen molar-refractivity contribution in [3.05, 3.63) is 16.0 Å². The lowest BCUT2D eigenvalue weighted by Crippen LogP contribution is -2.40. The molecule has 1 aromatic rings. The van der Waals surface area contributed by atoms with Gasteiger partial charge in [-0.15, -0.1) is 11.3 Å². The first-order valence-electron chi connectivity index (χ1n) is 8.30. The summed E-state index contributed by atoms with van der Waals surface area (Å²) < 4.78 is 0. The van der Waals surface area contributed by atoms with Gasteiger partial charge in [-0.3, -0.25) is 9.69 Å². The van der Waals surface area contributed by atoms with Crippen LogP contribution in [-0.2, 0) is 17.6 Å². The van der Waals surface area contributed by atoms with Crippen molar-refractivity contribution in [2.75, 3.05) is 18.4 Å². The Morgan fingerprint density at radius 3 is 2.68 bits per heavy atom. The van der Waals surface area contributed by atoms with Gasteiger partial charge in [-0.25, -0.2) is 0 Å². The van der Waals surface area contributed by atoms with Crippen molar-refractivity contribution >= 4 is 22.2 Å². The Balaban J connectivity index is 1.77. The fourth-order valence-corrected chi connectivity index (χ4v) is 4.70. The molecule has 2 aliphatic rings. The molecule has 5 heteroatoms. The second kappa shape index (κ2) is 6.80. The maximum atomic E-state index is 12.5. The van der Waals surface area contributed by atoms with Gasteiger partial charge >= 0.3 is 0 Å². The minimum absolute atomic E-state index is 0.0230. The Morgan fingerprint density at radius 1 is 1.23 bits per heavy atom. The summed E-state index contributed by atoms with van der Waals surface area (Å²) in [6.07, 6.45) is 7.95. The molecule has 1 N–H and O–H groups in total. The lowest BCUT2D eigenvalue weighted by Gasteiger charge is -2.22. The Bertz CT molecular complexity index is 596. The third-order valence-corrected chi connectivity index (χ3v) is 6.04. The lowest BCUT2D eigenvalue weighted by atomic mass is 10.1. The van der Waals surface area contributed by atoms with E-state index in [4.69, 9.17) is 0 Å². The predicted molar refractivity (Wildman–Crippen MR) is 89.2 cm³/mol. The molecule has 0 radical (unpaired) electrons. The zero-order chi connectivity index (χ0) is 15.5. The number of nitriles is 1. The third kappa shape index (κ3) is 3.04. The quantitative estimate of drug-likeness (QED) is 0.870. The maximum absolute atomic E-state index is 12.5. The maximum Gasteiger partial charge on any atom is 0.242 e. The minimum atomic E-state index is -0.115. The van der Waals surface area contributed by atoms with E-state index in [1.54, 1.807) is 11.3 Å². The van der Waals surface area contributed by atoms with Gasteiger partial charge in [-0.05, 0) is 64.1 Å². The van der Waals surface area contributed by atoms with Crippen LogP contribution in [0.2, 0.25) is 0 Å². The minimum Gasteiger partial charge on any atom is -0.315 e. The highest BCUT2D eigenvalue weighted by molar-refractivity contribution is 7.16. The van der Waals surface area contributed by atoms with Crippen molar-refractivity contribution in [2.45, 2.75) is 57.9 Å². The smallest absolute Gasteiger partial charge is 0.242 e. The largest absolute Gasteiger partial charge is 0.315 e. The molecule has 0 saturated carbocycles. The van der Waals surface area contributed by atoms with Crippen LogP contribution in [0.25, 0.3) is 0 Å². The fourth-order valence-electron chi connectivity index (χ4n) is 3.46. The van der Waals surface area contributed by atoms with Gasteiger partial charge in [-0.2, -0.15) is 5.26 Å². The number of fused-ring (bicyclic) bond motifs is 1. The summed E-state index contributed by atoms with van der Waals surface area (Å²) in [4.78, 5) is 16.0. The molecule has 1 saturated heterocycles. The highest BCUT2D eigenvalue weighted by Gasteiger charge is 2.26. The second-order valence-corrected chi connectivity index (χ2v) is 7.39. The summed E-state index contributed by atoms with van der Waals surface area (Å²) in [5.41, 5.74) is 1.90. The van der Waals surface area contributed by atoms with Crippen molar-refractivity contribution < 1.29 is 4.79 Å². The standard InChI is InChI=1S/C17H23N3OS/c1-12(20-9-5-6-10-20)16(21)19-17-14(11-18)13-7-3-2-4-8-15(13)22-17/h12H,2-10H2,1H3,(H,19,21). The molecule has 1 fully saturated rings. The fraction of sp³-hybridized carbons (Fsp3) is 0.647. The average molecular weight is 317 g/mol. The molecule has 118 valence electrons. The molecule has 1 aliphatic heterocycles. The molecule has 1 aromatic heterocycles. The first-order valence-corrected chi connectivity index (χ1v) is 9.12. The SMILES string of the molecule is CC(C(=O)Nc1sc2c(c1C#N)CCCCC2)N1CCCC1. The third-order valence-electron chi connectivity index (χ3n) is 4.84. The van der Waals surface area contributed by atoms with Crippen LogP contribution in [0, 0.1) is 11.3 Å². The van der Waals surface area contributed by atoms with Gasteiger partial charge in [0.25, 0.3) is 0 Å². The number of rotatable bonds is 3. The molecule has 3 rings (SSSR count). The zero-order valence-corrected chi connectivity index (χ0v) is 14.0. The number of anilines is 1. The molecule has 22 heavy (non-hydrogen) atoms. The second-order valence-electron chi connectivity index (χ2n) is 6.29. The number of amides is 1. The number of thiophene rings is 1. The Kier molecular flexibility index (Phi) is 4.80. The van der Waals surface area contributed by atoms with E-state index in [9.17, 15) is 10.1 Å². The van der Waals surface area contributed by atoms with Gasteiger partial charge < -0.3 is 5.32 Å². The number of carbonyl (C=O) groups is 1. The van der Waals surface area contributed by atoms with Gasteiger partial charge in [0.05, 0.1) is 11.6 Å². The van der Waals surface area contributed by atoms with Gasteiger partial charge in [-0.1, -0.05) is 6.42 Å². The molecule has 0 bridgehead atoms. The average Bonchev–Trinajstić information content (AvgIpc) is 3.09. The summed E-state index contributed by atoms with van der Waals surface area (Å²) in [6.45, 7) is 3.96. The number of carbonyl (C=O) groups excluding carboxylic acids is 1. The molecule has 1 atom stereocenters. The number of nitrogens with zero attached hydrogens (tertiary/aromatic N) is 2. The van der Waals surface area contributed by atoms with E-state index in [1.165, 1.54) is 36.1 Å². The first kappa shape index (κ1) is 15.5. The van der Waals surface area contributed by atoms with Crippen LogP contribution in [0.4, 0.5) is 5.00 Å². The summed E-state index contributed by atoms with van der Waals surface area (Å²) >= 11 is 1.62. The summed E-state index contributed by atoms with van der Waals surface area (Å²) in [5.74, 6) is 0.0230. The number of aryl methyl sites for hydroxylation is 1. The number of nitrogens with one attached hydrogen (secondary N) is 1. The van der Waals surface area contributed by atoms with Crippen molar-refractivity contribution in [3.63, 3.8) is 0 Å². The van der Waals surface area contributed by atoms with Gasteiger partial charge in [0.15, 0.2) is 0 Å². The Morgan fingerprint density at radius 2 is 1.95 bits per heavy atom. The van der Waals surface area contributed by atoms with E-state index in [0.29, 0.717) is 5.56 Å². The Hall–Kier alpha value is -1.38. The van der Waals surface area contributed by atoms with E-state index in [0.717, 1.165) is 37.4 Å². The molecule has 0 aromatic carbocycles. The Labute approximate surface area is 136 Å². The zero-order valence-electron chi connectivity index (χ0n) is 13.2. The van der Waals surface area contributed by atoms with Crippen molar-refractivity contribution in [2.24, 2.45) is 0 Å². The van der Waals surface area contributed by atoms with E-state index >= 15 is 0 Å². The van der Waals surface area contributed by atoms with Gasteiger partial charge in [0.2, 0.25) is 5.91 Å². The molecule has 1 aliphatic carbocycles. The molecule has 1 unspecified atom stereocenters. The van der Waals surface area contributed by atoms with Crippen LogP contribution < -0.4 is 5.32 Å². The normalized spacial score (nSPS) is 20.0. The van der Waals surface area contributed by atoms with Crippen LogP contribution in [0.5, 0.6) is 0 Å². The van der Waals surface area contributed by atoms with Crippen LogP contribution in [0.3, 0.4) is 0 Å². The van der Waals surface area contributed by atoms with E-state index in [1.807, 2.05) is 6.92 Å². The summed E-state index contributed by atoms with van der Waals surface area (Å²) in [5, 5.41) is 13.3. The first-order chi connectivity index (χ1) is 10.7. The van der Waals surface area contributed by atoms with Gasteiger partial charge in [0, 0.05) is 4.88 Å². The topological polar surface area (TPSA) is 56.1 Å². The van der Waals surface area contributed by atoms with Crippen molar-refractivity contribution in [1.82, 2.24) is 4.90 Å². The van der Waals surface area contributed by atoms with E-state index in [2.05, 4.69) is 16.3 Å². The highest BCUT2D eigenvalue weighted by atomic mass is 32.1. The van der Waals surface area contributed by atoms with E-state index < -0.39 is 0 Å². The molecule has 1 amide bonds. The summed E-state index contributed by atoms with van der Waals surface area (Å²) in [7, 11) is 0. The predicted octanol–water partition coefficient (Wildman–Crippen LogP) is 3.31.